The highest BCUT2D eigenvalue weighted by Crippen LogP contribution is 2.22. The van der Waals surface area contributed by atoms with Crippen molar-refractivity contribution < 1.29 is 4.79 Å². The van der Waals surface area contributed by atoms with Gasteiger partial charge >= 0.3 is 0 Å². The number of thioether (sulfide) groups is 1. The van der Waals surface area contributed by atoms with Crippen LogP contribution in [-0.2, 0) is 5.75 Å². The molecule has 0 aliphatic rings. The van der Waals surface area contributed by atoms with Crippen LogP contribution >= 0.6 is 24.2 Å². The number of rotatable bonds is 8. The second-order valence-corrected chi connectivity index (χ2v) is 5.96. The minimum Gasteiger partial charge on any atom is -0.351 e. The second-order valence-electron chi connectivity index (χ2n) is 4.91. The lowest BCUT2D eigenvalue weighted by atomic mass is 10.1. The van der Waals surface area contributed by atoms with Crippen LogP contribution in [0, 0.1) is 0 Å². The molecule has 0 fully saturated rings. The molecule has 0 saturated carbocycles. The normalized spacial score (nSPS) is 9.96. The number of amides is 1. The maximum absolute atomic E-state index is 12.0. The monoisotopic (exact) mass is 350 g/mol. The van der Waals surface area contributed by atoms with Gasteiger partial charge in [-0.2, -0.15) is 0 Å². The largest absolute Gasteiger partial charge is 0.351 e. The Bertz CT molecular complexity index is 575. The molecule has 0 radical (unpaired) electrons. The first-order valence-corrected chi connectivity index (χ1v) is 8.54. The number of carbonyl (C=O) groups excluding carboxylic acids is 1. The van der Waals surface area contributed by atoms with Crippen molar-refractivity contribution >= 4 is 30.1 Å². The lowest BCUT2D eigenvalue weighted by Crippen LogP contribution is -2.31. The predicted octanol–water partition coefficient (Wildman–Crippen LogP) is 3.74. The predicted molar refractivity (Wildman–Crippen MR) is 101 cm³/mol. The van der Waals surface area contributed by atoms with Crippen LogP contribution in [0.5, 0.6) is 0 Å². The van der Waals surface area contributed by atoms with E-state index in [-0.39, 0.29) is 18.3 Å². The van der Waals surface area contributed by atoms with Crippen LogP contribution in [0.25, 0.3) is 0 Å². The molecular formula is C18H23ClN2OS. The molecule has 2 rings (SSSR count). The van der Waals surface area contributed by atoms with Crippen molar-refractivity contribution in [1.82, 2.24) is 10.6 Å². The highest BCUT2D eigenvalue weighted by atomic mass is 35.5. The Hall–Kier alpha value is -1.49. The average Bonchev–Trinajstić information content (AvgIpc) is 2.58. The first-order valence-electron chi connectivity index (χ1n) is 7.55. The van der Waals surface area contributed by atoms with Crippen LogP contribution in [0.4, 0.5) is 0 Å². The Labute approximate surface area is 148 Å². The quantitative estimate of drug-likeness (QED) is 0.563. The van der Waals surface area contributed by atoms with Crippen LogP contribution in [0.15, 0.2) is 59.5 Å². The number of likely N-dealkylation sites (N-methyl/N-ethyl adjacent to an activating group) is 1. The lowest BCUT2D eigenvalue weighted by Gasteiger charge is -2.07. The van der Waals surface area contributed by atoms with Crippen molar-refractivity contribution in [2.45, 2.75) is 17.6 Å². The molecule has 5 heteroatoms. The van der Waals surface area contributed by atoms with E-state index in [1.807, 2.05) is 49.4 Å². The number of halogens is 1. The van der Waals surface area contributed by atoms with Crippen molar-refractivity contribution in [3.05, 3.63) is 65.7 Å². The van der Waals surface area contributed by atoms with Gasteiger partial charge in [0.2, 0.25) is 0 Å². The van der Waals surface area contributed by atoms with Gasteiger partial charge in [-0.05, 0) is 36.4 Å². The van der Waals surface area contributed by atoms with Crippen LogP contribution in [0.1, 0.15) is 22.8 Å². The summed E-state index contributed by atoms with van der Waals surface area (Å²) < 4.78 is 0. The maximum atomic E-state index is 12.0. The standard InChI is InChI=1S/C18H22N2OS.ClH/c1-2-19-12-13-20-18(21)16-10-8-15(9-11-16)14-22-17-6-4-3-5-7-17;/h3-11,19H,2,12-14H2,1H3,(H,20,21);1H. The average molecular weight is 351 g/mol. The topological polar surface area (TPSA) is 41.1 Å². The Kier molecular flexibility index (Phi) is 9.45. The molecule has 0 atom stereocenters. The van der Waals surface area contributed by atoms with E-state index in [1.54, 1.807) is 11.8 Å². The molecule has 0 spiro atoms. The SMILES string of the molecule is CCNCCNC(=O)c1ccc(CSc2ccccc2)cc1.Cl. The van der Waals surface area contributed by atoms with Gasteiger partial charge in [0.05, 0.1) is 0 Å². The van der Waals surface area contributed by atoms with Crippen LogP contribution in [0.2, 0.25) is 0 Å². The Morgan fingerprint density at radius 2 is 1.70 bits per heavy atom. The second kappa shape index (κ2) is 11.1. The van der Waals surface area contributed by atoms with Crippen molar-refractivity contribution in [3.8, 4) is 0 Å². The van der Waals surface area contributed by atoms with E-state index in [9.17, 15) is 4.79 Å². The molecule has 2 N–H and O–H groups in total. The van der Waals surface area contributed by atoms with E-state index in [0.29, 0.717) is 12.1 Å². The van der Waals surface area contributed by atoms with Gasteiger partial charge in [0.25, 0.3) is 5.91 Å². The van der Waals surface area contributed by atoms with E-state index >= 15 is 0 Å². The van der Waals surface area contributed by atoms with Crippen LogP contribution in [-0.4, -0.2) is 25.5 Å². The van der Waals surface area contributed by atoms with Crippen molar-refractivity contribution in [1.29, 1.82) is 0 Å². The molecule has 0 heterocycles. The van der Waals surface area contributed by atoms with E-state index in [2.05, 4.69) is 22.8 Å². The zero-order valence-corrected chi connectivity index (χ0v) is 14.9. The third kappa shape index (κ3) is 7.08. The highest BCUT2D eigenvalue weighted by molar-refractivity contribution is 7.98. The summed E-state index contributed by atoms with van der Waals surface area (Å²) in [6.07, 6.45) is 0. The molecule has 3 nitrogen and oxygen atoms in total. The smallest absolute Gasteiger partial charge is 0.251 e. The fourth-order valence-electron chi connectivity index (χ4n) is 1.98. The van der Waals surface area contributed by atoms with Gasteiger partial charge in [-0.15, -0.1) is 24.2 Å². The summed E-state index contributed by atoms with van der Waals surface area (Å²) in [6, 6.07) is 18.2. The van der Waals surface area contributed by atoms with Crippen molar-refractivity contribution in [2.24, 2.45) is 0 Å². The molecule has 0 aromatic heterocycles. The van der Waals surface area contributed by atoms with Crippen LogP contribution < -0.4 is 10.6 Å². The maximum Gasteiger partial charge on any atom is 0.251 e. The highest BCUT2D eigenvalue weighted by Gasteiger charge is 2.04. The summed E-state index contributed by atoms with van der Waals surface area (Å²) in [6.45, 7) is 4.42. The molecule has 124 valence electrons. The molecular weight excluding hydrogens is 328 g/mol. The number of carbonyl (C=O) groups is 1. The fourth-order valence-corrected chi connectivity index (χ4v) is 2.85. The minimum atomic E-state index is -0.0137. The van der Waals surface area contributed by atoms with Crippen molar-refractivity contribution in [2.75, 3.05) is 19.6 Å². The third-order valence-electron chi connectivity index (χ3n) is 3.20. The molecule has 2 aromatic rings. The van der Waals surface area contributed by atoms with Gasteiger partial charge in [0, 0.05) is 29.3 Å². The number of nitrogens with one attached hydrogen (secondary N) is 2. The van der Waals surface area contributed by atoms with Crippen LogP contribution in [0.3, 0.4) is 0 Å². The van der Waals surface area contributed by atoms with Gasteiger partial charge in [0.1, 0.15) is 0 Å². The molecule has 0 aliphatic carbocycles. The van der Waals surface area contributed by atoms with Gasteiger partial charge in [0.15, 0.2) is 0 Å². The Balaban J connectivity index is 0.00000264. The molecule has 0 saturated heterocycles. The van der Waals surface area contributed by atoms with E-state index in [0.717, 1.165) is 18.8 Å². The molecule has 2 aromatic carbocycles. The molecule has 0 bridgehead atoms. The van der Waals surface area contributed by atoms with E-state index < -0.39 is 0 Å². The first-order chi connectivity index (χ1) is 10.8. The zero-order valence-electron chi connectivity index (χ0n) is 13.2. The number of benzene rings is 2. The fraction of sp³-hybridized carbons (Fsp3) is 0.278. The molecule has 0 aliphatic heterocycles. The molecule has 0 unspecified atom stereocenters. The van der Waals surface area contributed by atoms with Gasteiger partial charge in [-0.25, -0.2) is 0 Å². The minimum absolute atomic E-state index is 0. The number of hydrogen-bond donors (Lipinski definition) is 2. The van der Waals surface area contributed by atoms with Gasteiger partial charge < -0.3 is 10.6 Å². The summed E-state index contributed by atoms with van der Waals surface area (Å²) in [5.41, 5.74) is 1.93. The zero-order chi connectivity index (χ0) is 15.6. The van der Waals surface area contributed by atoms with Crippen molar-refractivity contribution in [3.63, 3.8) is 0 Å². The van der Waals surface area contributed by atoms with E-state index in [4.69, 9.17) is 0 Å². The molecule has 1 amide bonds. The summed E-state index contributed by atoms with van der Waals surface area (Å²) in [5.74, 6) is 0.895. The third-order valence-corrected chi connectivity index (χ3v) is 4.29. The Morgan fingerprint density at radius 3 is 2.35 bits per heavy atom. The Morgan fingerprint density at radius 1 is 1.00 bits per heavy atom. The van der Waals surface area contributed by atoms with Gasteiger partial charge in [-0.1, -0.05) is 37.3 Å². The summed E-state index contributed by atoms with van der Waals surface area (Å²) >= 11 is 1.80. The molecule has 23 heavy (non-hydrogen) atoms. The summed E-state index contributed by atoms with van der Waals surface area (Å²) in [4.78, 5) is 13.2. The first kappa shape index (κ1) is 19.6. The van der Waals surface area contributed by atoms with Gasteiger partial charge in [-0.3, -0.25) is 4.79 Å². The van der Waals surface area contributed by atoms with E-state index in [1.165, 1.54) is 10.5 Å². The summed E-state index contributed by atoms with van der Waals surface area (Å²) in [7, 11) is 0. The summed E-state index contributed by atoms with van der Waals surface area (Å²) in [5, 5.41) is 6.08. The lowest BCUT2D eigenvalue weighted by molar-refractivity contribution is 0.0954. The number of hydrogen-bond acceptors (Lipinski definition) is 3.